The van der Waals surface area contributed by atoms with E-state index in [9.17, 15) is 4.79 Å². The van der Waals surface area contributed by atoms with Crippen molar-refractivity contribution in [3.05, 3.63) is 34.9 Å². The van der Waals surface area contributed by atoms with Crippen molar-refractivity contribution in [2.45, 2.75) is 6.04 Å². The second-order valence-electron chi connectivity index (χ2n) is 4.95. The Labute approximate surface area is 155 Å². The Bertz CT molecular complexity index is 448. The fourth-order valence-corrected chi connectivity index (χ4v) is 2.23. The summed E-state index contributed by atoms with van der Waals surface area (Å²) >= 11 is 6.00. The number of amides is 1. The fraction of sp³-hybridized carbons (Fsp3) is 0.533. The van der Waals surface area contributed by atoms with E-state index in [1.165, 1.54) is 0 Å². The highest BCUT2D eigenvalue weighted by molar-refractivity contribution is 6.30. The quantitative estimate of drug-likeness (QED) is 0.639. The van der Waals surface area contributed by atoms with Gasteiger partial charge in [-0.3, -0.25) is 9.69 Å². The molecule has 0 radical (unpaired) electrons. The van der Waals surface area contributed by atoms with Crippen molar-refractivity contribution in [3.63, 3.8) is 0 Å². The number of hydrogen-bond donors (Lipinski definition) is 2. The van der Waals surface area contributed by atoms with E-state index >= 15 is 0 Å². The van der Waals surface area contributed by atoms with E-state index in [0.717, 1.165) is 12.1 Å². The monoisotopic (exact) mass is 385 g/mol. The number of nitrogens with zero attached hydrogens (tertiary/aromatic N) is 1. The number of rotatable bonds is 9. The van der Waals surface area contributed by atoms with Crippen LogP contribution in [0.2, 0.25) is 5.02 Å². The smallest absolute Gasteiger partial charge is 0.241 e. The van der Waals surface area contributed by atoms with E-state index in [0.29, 0.717) is 24.7 Å². The summed E-state index contributed by atoms with van der Waals surface area (Å²) in [5.41, 5.74) is 0.886. The molecule has 0 heterocycles. The average molecular weight is 387 g/mol. The minimum Gasteiger partial charge on any atom is -0.383 e. The predicted molar refractivity (Wildman–Crippen MR) is 100 cm³/mol. The molecule has 1 atom stereocenters. The second-order valence-corrected chi connectivity index (χ2v) is 5.39. The first kappa shape index (κ1) is 24.7. The summed E-state index contributed by atoms with van der Waals surface area (Å²) in [5, 5.41) is 6.75. The first-order chi connectivity index (χ1) is 10.1. The van der Waals surface area contributed by atoms with Crippen LogP contribution in [0.25, 0.3) is 0 Å². The number of carbonyl (C=O) groups excluding carboxylic acids is 1. The van der Waals surface area contributed by atoms with Crippen LogP contribution in [0.4, 0.5) is 0 Å². The Hall–Kier alpha value is -0.560. The third-order valence-corrected chi connectivity index (χ3v) is 3.25. The van der Waals surface area contributed by atoms with Crippen LogP contribution < -0.4 is 10.6 Å². The van der Waals surface area contributed by atoms with E-state index in [4.69, 9.17) is 16.3 Å². The van der Waals surface area contributed by atoms with Gasteiger partial charge in [-0.25, -0.2) is 0 Å². The van der Waals surface area contributed by atoms with Gasteiger partial charge in [0.2, 0.25) is 5.91 Å². The molecule has 1 unspecified atom stereocenters. The van der Waals surface area contributed by atoms with Gasteiger partial charge in [-0.2, -0.15) is 0 Å². The van der Waals surface area contributed by atoms with Crippen LogP contribution in [0, 0.1) is 0 Å². The Morgan fingerprint density at radius 1 is 1.26 bits per heavy atom. The van der Waals surface area contributed by atoms with Crippen molar-refractivity contribution in [2.75, 3.05) is 47.4 Å². The molecule has 0 aromatic heterocycles. The lowest BCUT2D eigenvalue weighted by Gasteiger charge is -2.24. The van der Waals surface area contributed by atoms with Crippen molar-refractivity contribution in [1.82, 2.24) is 15.5 Å². The van der Waals surface area contributed by atoms with E-state index in [1.54, 1.807) is 13.2 Å². The number of ether oxygens (including phenoxy) is 1. The number of methoxy groups -OCH3 is 1. The van der Waals surface area contributed by atoms with Crippen LogP contribution in [0.15, 0.2) is 24.3 Å². The zero-order valence-electron chi connectivity index (χ0n) is 13.7. The number of benzene rings is 1. The van der Waals surface area contributed by atoms with Crippen LogP contribution in [0.5, 0.6) is 0 Å². The minimum absolute atomic E-state index is 0. The van der Waals surface area contributed by atoms with Gasteiger partial charge in [0.25, 0.3) is 0 Å². The molecule has 1 aromatic rings. The Balaban J connectivity index is 0. The van der Waals surface area contributed by atoms with Crippen molar-refractivity contribution in [1.29, 1.82) is 0 Å². The maximum absolute atomic E-state index is 12.3. The summed E-state index contributed by atoms with van der Waals surface area (Å²) in [7, 11) is 5.42. The molecular formula is C15H26Cl3N3O2. The molecular weight excluding hydrogens is 361 g/mol. The summed E-state index contributed by atoms with van der Waals surface area (Å²) in [6.07, 6.45) is 0. The van der Waals surface area contributed by atoms with E-state index in [-0.39, 0.29) is 36.8 Å². The third-order valence-electron chi connectivity index (χ3n) is 3.01. The van der Waals surface area contributed by atoms with Gasteiger partial charge in [0.1, 0.15) is 6.04 Å². The molecule has 1 rings (SSSR count). The van der Waals surface area contributed by atoms with Crippen molar-refractivity contribution in [2.24, 2.45) is 0 Å². The molecule has 0 spiro atoms. The summed E-state index contributed by atoms with van der Waals surface area (Å²) in [5.74, 6) is -0.0317. The highest BCUT2D eigenvalue weighted by Crippen LogP contribution is 2.21. The summed E-state index contributed by atoms with van der Waals surface area (Å²) < 4.78 is 4.94. The van der Waals surface area contributed by atoms with Gasteiger partial charge in [0.05, 0.1) is 6.61 Å². The minimum atomic E-state index is -0.345. The molecule has 0 aliphatic rings. The Morgan fingerprint density at radius 2 is 1.96 bits per heavy atom. The molecule has 5 nitrogen and oxygen atoms in total. The van der Waals surface area contributed by atoms with Crippen LogP contribution in [0.1, 0.15) is 11.6 Å². The molecule has 1 amide bonds. The number of nitrogens with one attached hydrogen (secondary N) is 2. The lowest BCUT2D eigenvalue weighted by atomic mass is 10.1. The molecule has 0 bridgehead atoms. The van der Waals surface area contributed by atoms with Crippen LogP contribution in [-0.4, -0.2) is 58.3 Å². The summed E-state index contributed by atoms with van der Waals surface area (Å²) in [4.78, 5) is 14.2. The SMILES string of the molecule is COCCNCCNC(=O)C(c1cccc(Cl)c1)N(C)C.Cl.Cl. The van der Waals surface area contributed by atoms with E-state index in [1.807, 2.05) is 37.2 Å². The molecule has 0 aliphatic carbocycles. The van der Waals surface area contributed by atoms with E-state index < -0.39 is 0 Å². The topological polar surface area (TPSA) is 53.6 Å². The van der Waals surface area contributed by atoms with Crippen LogP contribution in [0.3, 0.4) is 0 Å². The van der Waals surface area contributed by atoms with E-state index in [2.05, 4.69) is 10.6 Å². The normalized spacial score (nSPS) is 11.3. The van der Waals surface area contributed by atoms with Gasteiger partial charge < -0.3 is 15.4 Å². The molecule has 8 heteroatoms. The third kappa shape index (κ3) is 9.35. The molecule has 0 fully saturated rings. The van der Waals surface area contributed by atoms with Gasteiger partial charge in [0, 0.05) is 31.8 Å². The molecule has 2 N–H and O–H groups in total. The largest absolute Gasteiger partial charge is 0.383 e. The number of likely N-dealkylation sites (N-methyl/N-ethyl adjacent to an activating group) is 1. The van der Waals surface area contributed by atoms with Crippen molar-refractivity contribution in [3.8, 4) is 0 Å². The van der Waals surface area contributed by atoms with Gasteiger partial charge in [-0.1, -0.05) is 23.7 Å². The fourth-order valence-electron chi connectivity index (χ4n) is 2.03. The molecule has 0 saturated carbocycles. The van der Waals surface area contributed by atoms with Gasteiger partial charge in [-0.15, -0.1) is 24.8 Å². The molecule has 0 saturated heterocycles. The number of carbonyl (C=O) groups is 1. The lowest BCUT2D eigenvalue weighted by molar-refractivity contribution is -0.125. The first-order valence-corrected chi connectivity index (χ1v) is 7.33. The number of halogens is 3. The maximum atomic E-state index is 12.3. The maximum Gasteiger partial charge on any atom is 0.241 e. The Morgan fingerprint density at radius 3 is 2.52 bits per heavy atom. The average Bonchev–Trinajstić information content (AvgIpc) is 2.42. The van der Waals surface area contributed by atoms with Gasteiger partial charge in [-0.05, 0) is 31.8 Å². The standard InChI is InChI=1S/C15H24ClN3O2.2ClH/c1-19(2)14(12-5-4-6-13(16)11-12)15(20)18-8-7-17-9-10-21-3;;/h4-6,11,14,17H,7-10H2,1-3H3,(H,18,20);2*1H. The summed E-state index contributed by atoms with van der Waals surface area (Å²) in [6, 6.07) is 7.04. The summed E-state index contributed by atoms with van der Waals surface area (Å²) in [6.45, 7) is 2.73. The van der Waals surface area contributed by atoms with Crippen LogP contribution in [-0.2, 0) is 9.53 Å². The van der Waals surface area contributed by atoms with Crippen LogP contribution >= 0.6 is 36.4 Å². The lowest BCUT2D eigenvalue weighted by Crippen LogP contribution is -2.40. The molecule has 134 valence electrons. The molecule has 23 heavy (non-hydrogen) atoms. The van der Waals surface area contributed by atoms with Gasteiger partial charge >= 0.3 is 0 Å². The first-order valence-electron chi connectivity index (χ1n) is 6.95. The Kier molecular flexibility index (Phi) is 14.9. The predicted octanol–water partition coefficient (Wildman–Crippen LogP) is 2.14. The highest BCUT2D eigenvalue weighted by atomic mass is 35.5. The zero-order valence-corrected chi connectivity index (χ0v) is 16.1. The molecule has 0 aliphatic heterocycles. The van der Waals surface area contributed by atoms with Crippen molar-refractivity contribution < 1.29 is 9.53 Å². The number of hydrogen-bond acceptors (Lipinski definition) is 4. The van der Waals surface area contributed by atoms with Gasteiger partial charge in [0.15, 0.2) is 0 Å². The molecule has 1 aromatic carbocycles. The van der Waals surface area contributed by atoms with Crippen molar-refractivity contribution >= 4 is 42.3 Å². The highest BCUT2D eigenvalue weighted by Gasteiger charge is 2.22. The second kappa shape index (κ2) is 13.8. The zero-order chi connectivity index (χ0) is 15.7.